The second-order valence-electron chi connectivity index (χ2n) is 9.03. The molecule has 1 amide bonds. The van der Waals surface area contributed by atoms with E-state index >= 15 is 0 Å². The molecule has 0 spiro atoms. The van der Waals surface area contributed by atoms with Gasteiger partial charge in [0.2, 0.25) is 5.91 Å². The fourth-order valence-corrected chi connectivity index (χ4v) is 6.04. The first-order chi connectivity index (χ1) is 16.7. The van der Waals surface area contributed by atoms with Gasteiger partial charge in [0.05, 0.1) is 10.8 Å². The lowest BCUT2D eigenvalue weighted by Gasteiger charge is -2.34. The average Bonchev–Trinajstić information content (AvgIpc) is 3.54. The predicted molar refractivity (Wildman–Crippen MR) is 137 cm³/mol. The molecule has 2 fully saturated rings. The van der Waals surface area contributed by atoms with Crippen molar-refractivity contribution in [3.05, 3.63) is 65.2 Å². The monoisotopic (exact) mass is 495 g/mol. The highest BCUT2D eigenvalue weighted by molar-refractivity contribution is 7.99. The van der Waals surface area contributed by atoms with Crippen LogP contribution in [-0.4, -0.2) is 62.4 Å². The van der Waals surface area contributed by atoms with Crippen LogP contribution in [0.4, 0.5) is 0 Å². The molecule has 3 aromatic rings. The number of thioether (sulfide) groups is 1. The summed E-state index contributed by atoms with van der Waals surface area (Å²) in [5.74, 6) is 1.36. The molecule has 0 bridgehead atoms. The van der Waals surface area contributed by atoms with Gasteiger partial charge >= 0.3 is 0 Å². The molecule has 2 heterocycles. The van der Waals surface area contributed by atoms with Crippen molar-refractivity contribution in [1.82, 2.24) is 24.6 Å². The molecule has 178 valence electrons. The van der Waals surface area contributed by atoms with Crippen LogP contribution in [-0.2, 0) is 11.3 Å². The minimum absolute atomic E-state index is 0.171. The van der Waals surface area contributed by atoms with Crippen LogP contribution in [0, 0.1) is 0 Å². The highest BCUT2D eigenvalue weighted by Crippen LogP contribution is 2.38. The van der Waals surface area contributed by atoms with Gasteiger partial charge in [0.15, 0.2) is 11.0 Å². The van der Waals surface area contributed by atoms with Crippen molar-refractivity contribution in [3.63, 3.8) is 0 Å². The first-order valence-electron chi connectivity index (χ1n) is 12.1. The van der Waals surface area contributed by atoms with Gasteiger partial charge in [0.25, 0.3) is 0 Å². The number of rotatable bonds is 7. The van der Waals surface area contributed by atoms with Gasteiger partial charge in [0.1, 0.15) is 0 Å². The summed E-state index contributed by atoms with van der Waals surface area (Å²) >= 11 is 7.99. The molecule has 1 saturated carbocycles. The molecular formula is C26H30ClN5OS. The van der Waals surface area contributed by atoms with Crippen LogP contribution in [0.25, 0.3) is 11.4 Å². The van der Waals surface area contributed by atoms with Crippen molar-refractivity contribution in [2.45, 2.75) is 43.4 Å². The fraction of sp³-hybridized carbons (Fsp3) is 0.423. The zero-order valence-electron chi connectivity index (χ0n) is 19.3. The lowest BCUT2D eigenvalue weighted by molar-refractivity contribution is -0.130. The number of carbonyl (C=O) groups excluding carboxylic acids is 1. The van der Waals surface area contributed by atoms with Crippen molar-refractivity contribution >= 4 is 29.3 Å². The lowest BCUT2D eigenvalue weighted by Crippen LogP contribution is -2.48. The number of amides is 1. The van der Waals surface area contributed by atoms with Gasteiger partial charge in [-0.15, -0.1) is 10.2 Å². The van der Waals surface area contributed by atoms with Crippen molar-refractivity contribution < 1.29 is 4.79 Å². The van der Waals surface area contributed by atoms with Crippen LogP contribution in [0.5, 0.6) is 0 Å². The van der Waals surface area contributed by atoms with Gasteiger partial charge in [-0.05, 0) is 30.5 Å². The molecule has 8 heteroatoms. The van der Waals surface area contributed by atoms with Gasteiger partial charge in [-0.1, -0.05) is 78.7 Å². The molecular weight excluding hydrogens is 466 g/mol. The predicted octanol–water partition coefficient (Wildman–Crippen LogP) is 5.15. The Labute approximate surface area is 210 Å². The van der Waals surface area contributed by atoms with Crippen LogP contribution in [0.15, 0.2) is 59.8 Å². The SMILES string of the molecule is O=C(CSc1nnc(-c2ccccc2Cl)n1C1CCCC1)N1CCN(Cc2ccccc2)CC1. The highest BCUT2D eigenvalue weighted by atomic mass is 35.5. The number of benzene rings is 2. The molecule has 1 saturated heterocycles. The van der Waals surface area contributed by atoms with Crippen LogP contribution in [0.1, 0.15) is 37.3 Å². The third-order valence-corrected chi connectivity index (χ3v) is 8.03. The maximum absolute atomic E-state index is 13.0. The van der Waals surface area contributed by atoms with Crippen LogP contribution >= 0.6 is 23.4 Å². The second kappa shape index (κ2) is 10.9. The standard InChI is InChI=1S/C26H30ClN5OS/c27-23-13-7-6-12-22(23)25-28-29-26(32(25)21-10-4-5-11-21)34-19-24(33)31-16-14-30(15-17-31)18-20-8-2-1-3-9-20/h1-3,6-9,12-13,21H,4-5,10-11,14-19H2. The van der Waals surface area contributed by atoms with Gasteiger partial charge in [-0.3, -0.25) is 14.3 Å². The van der Waals surface area contributed by atoms with E-state index in [-0.39, 0.29) is 5.91 Å². The Kier molecular flexibility index (Phi) is 7.52. The van der Waals surface area contributed by atoms with E-state index < -0.39 is 0 Å². The Morgan fingerprint density at radius 1 is 0.941 bits per heavy atom. The van der Waals surface area contributed by atoms with E-state index in [4.69, 9.17) is 11.6 Å². The number of halogens is 1. The van der Waals surface area contributed by atoms with E-state index in [9.17, 15) is 4.79 Å². The Hall–Kier alpha value is -2.35. The van der Waals surface area contributed by atoms with E-state index in [1.165, 1.54) is 30.2 Å². The molecule has 2 aromatic carbocycles. The highest BCUT2D eigenvalue weighted by Gasteiger charge is 2.27. The first-order valence-corrected chi connectivity index (χ1v) is 13.4. The van der Waals surface area contributed by atoms with Crippen LogP contribution in [0.3, 0.4) is 0 Å². The maximum Gasteiger partial charge on any atom is 0.233 e. The van der Waals surface area contributed by atoms with E-state index in [0.29, 0.717) is 16.8 Å². The maximum atomic E-state index is 13.0. The van der Waals surface area contributed by atoms with Crippen molar-refractivity contribution in [3.8, 4) is 11.4 Å². The van der Waals surface area contributed by atoms with Crippen LogP contribution < -0.4 is 0 Å². The first kappa shape index (κ1) is 23.4. The van der Waals surface area contributed by atoms with E-state index in [0.717, 1.165) is 62.1 Å². The molecule has 0 radical (unpaired) electrons. The van der Waals surface area contributed by atoms with E-state index in [1.54, 1.807) is 0 Å². The summed E-state index contributed by atoms with van der Waals surface area (Å²) in [5.41, 5.74) is 2.22. The van der Waals surface area contributed by atoms with Crippen molar-refractivity contribution in [1.29, 1.82) is 0 Å². The molecule has 1 aliphatic heterocycles. The quantitative estimate of drug-likeness (QED) is 0.424. The van der Waals surface area contributed by atoms with Gasteiger partial charge in [-0.25, -0.2) is 0 Å². The zero-order valence-corrected chi connectivity index (χ0v) is 20.8. The number of nitrogens with zero attached hydrogens (tertiary/aromatic N) is 5. The molecule has 2 aliphatic rings. The summed E-state index contributed by atoms with van der Waals surface area (Å²) in [4.78, 5) is 17.4. The molecule has 6 nitrogen and oxygen atoms in total. The molecule has 1 aromatic heterocycles. The third kappa shape index (κ3) is 5.32. The Balaban J connectivity index is 1.22. The summed E-state index contributed by atoms with van der Waals surface area (Å²) in [6.07, 6.45) is 4.64. The average molecular weight is 496 g/mol. The van der Waals surface area contributed by atoms with Gasteiger partial charge in [-0.2, -0.15) is 0 Å². The Morgan fingerprint density at radius 3 is 2.38 bits per heavy atom. The largest absolute Gasteiger partial charge is 0.339 e. The summed E-state index contributed by atoms with van der Waals surface area (Å²) < 4.78 is 2.23. The summed E-state index contributed by atoms with van der Waals surface area (Å²) in [5, 5.41) is 10.5. The minimum atomic E-state index is 0.171. The smallest absolute Gasteiger partial charge is 0.233 e. The van der Waals surface area contributed by atoms with Crippen molar-refractivity contribution in [2.75, 3.05) is 31.9 Å². The van der Waals surface area contributed by atoms with Crippen molar-refractivity contribution in [2.24, 2.45) is 0 Å². The number of aromatic nitrogens is 3. The minimum Gasteiger partial charge on any atom is -0.339 e. The Morgan fingerprint density at radius 2 is 1.65 bits per heavy atom. The Bertz CT molecular complexity index is 1110. The van der Waals surface area contributed by atoms with E-state index in [1.807, 2.05) is 35.2 Å². The number of carbonyl (C=O) groups is 1. The molecule has 1 aliphatic carbocycles. The summed E-state index contributed by atoms with van der Waals surface area (Å²) in [7, 11) is 0. The molecule has 0 N–H and O–H groups in total. The second-order valence-corrected chi connectivity index (χ2v) is 10.4. The number of piperazine rings is 1. The lowest BCUT2D eigenvalue weighted by atomic mass is 10.2. The molecule has 5 rings (SSSR count). The molecule has 34 heavy (non-hydrogen) atoms. The number of hydrogen-bond acceptors (Lipinski definition) is 5. The zero-order chi connectivity index (χ0) is 23.3. The van der Waals surface area contributed by atoms with Gasteiger partial charge in [0, 0.05) is 44.3 Å². The normalized spacial score (nSPS) is 17.4. The third-order valence-electron chi connectivity index (χ3n) is 6.77. The number of hydrogen-bond donors (Lipinski definition) is 0. The van der Waals surface area contributed by atoms with E-state index in [2.05, 4.69) is 43.9 Å². The summed E-state index contributed by atoms with van der Waals surface area (Å²) in [6.45, 7) is 4.28. The van der Waals surface area contributed by atoms with Gasteiger partial charge < -0.3 is 4.90 Å². The fourth-order valence-electron chi connectivity index (χ4n) is 4.91. The van der Waals surface area contributed by atoms with Crippen LogP contribution in [0.2, 0.25) is 5.02 Å². The molecule has 0 atom stereocenters. The molecule has 0 unspecified atom stereocenters. The topological polar surface area (TPSA) is 54.3 Å². The summed E-state index contributed by atoms with van der Waals surface area (Å²) in [6, 6.07) is 18.7.